The van der Waals surface area contributed by atoms with Crippen LogP contribution in [0.1, 0.15) is 19.4 Å². The summed E-state index contributed by atoms with van der Waals surface area (Å²) >= 11 is 11.9. The number of carbonyl (C=O) groups excluding carboxylic acids is 1. The molecule has 0 fully saturated rings. The van der Waals surface area contributed by atoms with Crippen LogP contribution in [0, 0.1) is 17.2 Å². The number of carbonyl (C=O) groups is 1. The van der Waals surface area contributed by atoms with Crippen molar-refractivity contribution in [1.82, 2.24) is 0 Å². The van der Waals surface area contributed by atoms with Crippen LogP contribution < -0.4 is 10.1 Å². The van der Waals surface area contributed by atoms with Gasteiger partial charge in [-0.05, 0) is 47.9 Å². The number of ether oxygens (including phenoxy) is 1. The minimum absolute atomic E-state index is 0.0445. The molecule has 0 unspecified atom stereocenters. The molecule has 0 atom stereocenters. The van der Waals surface area contributed by atoms with Crippen molar-refractivity contribution in [2.24, 2.45) is 5.92 Å². The third kappa shape index (κ3) is 5.80. The van der Waals surface area contributed by atoms with Gasteiger partial charge in [0.1, 0.15) is 17.4 Å². The van der Waals surface area contributed by atoms with E-state index in [0.29, 0.717) is 33.8 Å². The van der Waals surface area contributed by atoms with Gasteiger partial charge in [-0.25, -0.2) is 0 Å². The summed E-state index contributed by atoms with van der Waals surface area (Å²) in [4.78, 5) is 12.3. The van der Waals surface area contributed by atoms with E-state index in [1.54, 1.807) is 36.4 Å². The highest BCUT2D eigenvalue weighted by Crippen LogP contribution is 2.26. The van der Waals surface area contributed by atoms with Crippen LogP contribution in [0.15, 0.2) is 48.0 Å². The van der Waals surface area contributed by atoms with Crippen LogP contribution in [0.2, 0.25) is 10.0 Å². The highest BCUT2D eigenvalue weighted by Gasteiger charge is 2.12. The molecule has 2 aromatic rings. The molecule has 0 saturated heterocycles. The SMILES string of the molecule is CC(C)COc1ccc(/C=C(\C#N)C(=O)Nc2cc(Cl)ccc2Cl)cc1. The molecular formula is C20H18Cl2N2O2. The van der Waals surface area contributed by atoms with Gasteiger partial charge in [-0.2, -0.15) is 5.26 Å². The van der Waals surface area contributed by atoms with Crippen molar-refractivity contribution in [3.63, 3.8) is 0 Å². The van der Waals surface area contributed by atoms with Gasteiger partial charge in [-0.1, -0.05) is 49.2 Å². The molecule has 2 aromatic carbocycles. The average molecular weight is 389 g/mol. The zero-order valence-electron chi connectivity index (χ0n) is 14.4. The summed E-state index contributed by atoms with van der Waals surface area (Å²) in [6, 6.07) is 13.8. The Kier molecular flexibility index (Phi) is 7.08. The van der Waals surface area contributed by atoms with Crippen LogP contribution in [0.4, 0.5) is 5.69 Å². The zero-order chi connectivity index (χ0) is 19.1. The molecular weight excluding hydrogens is 371 g/mol. The number of nitrogens with zero attached hydrogens (tertiary/aromatic N) is 1. The van der Waals surface area contributed by atoms with Crippen LogP contribution in [0.5, 0.6) is 5.75 Å². The van der Waals surface area contributed by atoms with Gasteiger partial charge in [-0.3, -0.25) is 4.79 Å². The van der Waals surface area contributed by atoms with E-state index in [2.05, 4.69) is 19.2 Å². The molecule has 1 N–H and O–H groups in total. The second kappa shape index (κ2) is 9.28. The summed E-state index contributed by atoms with van der Waals surface area (Å²) in [5.74, 6) is 0.614. The third-order valence-corrected chi connectivity index (χ3v) is 3.88. The van der Waals surface area contributed by atoms with Gasteiger partial charge in [0.25, 0.3) is 5.91 Å². The summed E-state index contributed by atoms with van der Waals surface area (Å²) in [7, 11) is 0. The largest absolute Gasteiger partial charge is 0.493 e. The Morgan fingerprint density at radius 1 is 1.23 bits per heavy atom. The van der Waals surface area contributed by atoms with Gasteiger partial charge in [0.15, 0.2) is 0 Å². The van der Waals surface area contributed by atoms with E-state index in [1.165, 1.54) is 12.1 Å². The van der Waals surface area contributed by atoms with E-state index in [4.69, 9.17) is 27.9 Å². The number of hydrogen-bond acceptors (Lipinski definition) is 3. The van der Waals surface area contributed by atoms with Crippen LogP contribution in [0.3, 0.4) is 0 Å². The van der Waals surface area contributed by atoms with Crippen molar-refractivity contribution < 1.29 is 9.53 Å². The van der Waals surface area contributed by atoms with Gasteiger partial charge >= 0.3 is 0 Å². The van der Waals surface area contributed by atoms with Gasteiger partial charge in [0, 0.05) is 5.02 Å². The number of halogens is 2. The fraction of sp³-hybridized carbons (Fsp3) is 0.200. The topological polar surface area (TPSA) is 62.1 Å². The van der Waals surface area contributed by atoms with Crippen LogP contribution in [0.25, 0.3) is 6.08 Å². The number of anilines is 1. The van der Waals surface area contributed by atoms with Crippen molar-refractivity contribution >= 4 is 40.9 Å². The van der Waals surface area contributed by atoms with Gasteiger partial charge in [0.2, 0.25) is 0 Å². The summed E-state index contributed by atoms with van der Waals surface area (Å²) in [5, 5.41) is 12.7. The monoisotopic (exact) mass is 388 g/mol. The number of nitriles is 1. The van der Waals surface area contributed by atoms with Gasteiger partial charge < -0.3 is 10.1 Å². The summed E-state index contributed by atoms with van der Waals surface area (Å²) in [5.41, 5.74) is 1.02. The molecule has 0 aliphatic heterocycles. The van der Waals surface area contributed by atoms with E-state index < -0.39 is 5.91 Å². The standard InChI is InChI=1S/C20H18Cl2N2O2/c1-13(2)12-26-17-6-3-14(4-7-17)9-15(11-23)20(25)24-19-10-16(21)5-8-18(19)22/h3-10,13H,12H2,1-2H3,(H,24,25)/b15-9+. The lowest BCUT2D eigenvalue weighted by Crippen LogP contribution is -2.13. The Bertz CT molecular complexity index is 853. The molecule has 1 amide bonds. The number of rotatable bonds is 6. The molecule has 134 valence electrons. The molecule has 0 aliphatic carbocycles. The summed E-state index contributed by atoms with van der Waals surface area (Å²) in [6.45, 7) is 4.77. The lowest BCUT2D eigenvalue weighted by molar-refractivity contribution is -0.112. The Balaban J connectivity index is 2.12. The van der Waals surface area contributed by atoms with E-state index >= 15 is 0 Å². The minimum Gasteiger partial charge on any atom is -0.493 e. The predicted molar refractivity (Wildman–Crippen MR) is 105 cm³/mol. The number of nitrogens with one attached hydrogen (secondary N) is 1. The lowest BCUT2D eigenvalue weighted by atomic mass is 10.1. The number of benzene rings is 2. The first-order valence-electron chi connectivity index (χ1n) is 8.00. The van der Waals surface area contributed by atoms with Crippen molar-refractivity contribution in [1.29, 1.82) is 5.26 Å². The molecule has 26 heavy (non-hydrogen) atoms. The highest BCUT2D eigenvalue weighted by molar-refractivity contribution is 6.36. The maximum Gasteiger partial charge on any atom is 0.266 e. The van der Waals surface area contributed by atoms with Gasteiger partial charge in [-0.15, -0.1) is 0 Å². The second-order valence-electron chi connectivity index (χ2n) is 6.02. The Morgan fingerprint density at radius 2 is 1.92 bits per heavy atom. The highest BCUT2D eigenvalue weighted by atomic mass is 35.5. The predicted octanol–water partition coefficient (Wildman–Crippen LogP) is 5.57. The Labute approximate surface area is 163 Å². The van der Waals surface area contributed by atoms with E-state index in [-0.39, 0.29) is 5.57 Å². The fourth-order valence-electron chi connectivity index (χ4n) is 2.02. The van der Waals surface area contributed by atoms with Crippen LogP contribution in [-0.4, -0.2) is 12.5 Å². The van der Waals surface area contributed by atoms with E-state index in [9.17, 15) is 10.1 Å². The van der Waals surface area contributed by atoms with Crippen LogP contribution in [-0.2, 0) is 4.79 Å². The van der Waals surface area contributed by atoms with Crippen molar-refractivity contribution in [2.45, 2.75) is 13.8 Å². The lowest BCUT2D eigenvalue weighted by Gasteiger charge is -2.09. The smallest absolute Gasteiger partial charge is 0.266 e. The first kappa shape index (κ1) is 19.8. The Hall–Kier alpha value is -2.48. The zero-order valence-corrected chi connectivity index (χ0v) is 15.9. The van der Waals surface area contributed by atoms with E-state index in [1.807, 2.05) is 6.07 Å². The van der Waals surface area contributed by atoms with E-state index in [0.717, 1.165) is 5.75 Å². The summed E-state index contributed by atoms with van der Waals surface area (Å²) < 4.78 is 5.61. The first-order chi connectivity index (χ1) is 12.4. The molecule has 0 heterocycles. The number of hydrogen-bond donors (Lipinski definition) is 1. The number of amides is 1. The maximum absolute atomic E-state index is 12.3. The second-order valence-corrected chi connectivity index (χ2v) is 6.87. The molecule has 4 nitrogen and oxygen atoms in total. The maximum atomic E-state index is 12.3. The Morgan fingerprint density at radius 3 is 2.54 bits per heavy atom. The van der Waals surface area contributed by atoms with Gasteiger partial charge in [0.05, 0.1) is 17.3 Å². The van der Waals surface area contributed by atoms with Crippen molar-refractivity contribution in [2.75, 3.05) is 11.9 Å². The van der Waals surface area contributed by atoms with Crippen molar-refractivity contribution in [3.05, 3.63) is 63.6 Å². The third-order valence-electron chi connectivity index (χ3n) is 3.32. The molecule has 0 saturated carbocycles. The molecule has 0 bridgehead atoms. The van der Waals surface area contributed by atoms with Crippen molar-refractivity contribution in [3.8, 4) is 11.8 Å². The normalized spacial score (nSPS) is 11.2. The van der Waals surface area contributed by atoms with Crippen LogP contribution >= 0.6 is 23.2 Å². The minimum atomic E-state index is -0.559. The molecule has 0 spiro atoms. The molecule has 2 rings (SSSR count). The average Bonchev–Trinajstić information content (AvgIpc) is 2.61. The molecule has 0 aromatic heterocycles. The first-order valence-corrected chi connectivity index (χ1v) is 8.75. The fourth-order valence-corrected chi connectivity index (χ4v) is 2.36. The molecule has 0 aliphatic rings. The molecule has 0 radical (unpaired) electrons. The quantitative estimate of drug-likeness (QED) is 0.519. The molecule has 6 heteroatoms. The summed E-state index contributed by atoms with van der Waals surface area (Å²) in [6.07, 6.45) is 1.50.